The predicted molar refractivity (Wildman–Crippen MR) is 86.8 cm³/mol. The Hall–Kier alpha value is -2.78. The minimum atomic E-state index is -3.86. The van der Waals surface area contributed by atoms with Crippen LogP contribution >= 0.6 is 0 Å². The maximum atomic E-state index is 12.5. The summed E-state index contributed by atoms with van der Waals surface area (Å²) in [6, 6.07) is 14.5. The number of methoxy groups -OCH3 is 2. The summed E-state index contributed by atoms with van der Waals surface area (Å²) in [6.07, 6.45) is 1.31. The highest BCUT2D eigenvalue weighted by Gasteiger charge is 2.20. The van der Waals surface area contributed by atoms with Crippen LogP contribution in [0.1, 0.15) is 5.56 Å². The molecule has 2 aromatic rings. The molecule has 0 unspecified atom stereocenters. The van der Waals surface area contributed by atoms with E-state index in [-0.39, 0.29) is 9.80 Å². The van der Waals surface area contributed by atoms with Crippen molar-refractivity contribution in [2.24, 2.45) is 0 Å². The molecule has 0 amide bonds. The van der Waals surface area contributed by atoms with Gasteiger partial charge in [0.1, 0.15) is 11.0 Å². The molecule has 0 aliphatic heterocycles. The first-order chi connectivity index (χ1) is 11.0. The minimum absolute atomic E-state index is 0.0771. The Kier molecular flexibility index (Phi) is 5.04. The molecule has 2 aromatic carbocycles. The molecule has 6 heteroatoms. The first kappa shape index (κ1) is 16.6. The number of sulfone groups is 1. The SMILES string of the molecule is COc1ccc(C=C(C#N)S(=O)(=O)c2ccccc2)cc1OC. The first-order valence-electron chi connectivity index (χ1n) is 6.67. The molecule has 2 rings (SSSR count). The summed E-state index contributed by atoms with van der Waals surface area (Å²) in [5, 5.41) is 9.26. The molecule has 23 heavy (non-hydrogen) atoms. The highest BCUT2D eigenvalue weighted by Crippen LogP contribution is 2.29. The van der Waals surface area contributed by atoms with E-state index in [1.807, 2.05) is 0 Å². The molecule has 0 N–H and O–H groups in total. The number of nitriles is 1. The Labute approximate surface area is 135 Å². The number of allylic oxidation sites excluding steroid dienone is 1. The quantitative estimate of drug-likeness (QED) is 0.788. The van der Waals surface area contributed by atoms with E-state index in [9.17, 15) is 13.7 Å². The van der Waals surface area contributed by atoms with Crippen molar-refractivity contribution < 1.29 is 17.9 Å². The van der Waals surface area contributed by atoms with E-state index in [0.717, 1.165) is 0 Å². The van der Waals surface area contributed by atoms with E-state index in [0.29, 0.717) is 17.1 Å². The van der Waals surface area contributed by atoms with Crippen LogP contribution in [0.2, 0.25) is 0 Å². The predicted octanol–water partition coefficient (Wildman–Crippen LogP) is 3.04. The van der Waals surface area contributed by atoms with Crippen LogP contribution in [0.5, 0.6) is 11.5 Å². The third kappa shape index (κ3) is 3.52. The third-order valence-electron chi connectivity index (χ3n) is 3.16. The van der Waals surface area contributed by atoms with Crippen LogP contribution in [0.4, 0.5) is 0 Å². The van der Waals surface area contributed by atoms with Crippen molar-refractivity contribution in [3.8, 4) is 17.6 Å². The Morgan fingerprint density at radius 2 is 1.70 bits per heavy atom. The summed E-state index contributed by atoms with van der Waals surface area (Å²) in [5.41, 5.74) is 0.527. The van der Waals surface area contributed by atoms with Crippen LogP contribution < -0.4 is 9.47 Å². The van der Waals surface area contributed by atoms with Gasteiger partial charge in [0.2, 0.25) is 9.84 Å². The number of rotatable bonds is 5. The second-order valence-corrected chi connectivity index (χ2v) is 6.47. The van der Waals surface area contributed by atoms with Crippen molar-refractivity contribution in [2.45, 2.75) is 4.90 Å². The van der Waals surface area contributed by atoms with Gasteiger partial charge in [-0.2, -0.15) is 5.26 Å². The second-order valence-electron chi connectivity index (χ2n) is 4.55. The van der Waals surface area contributed by atoms with Crippen LogP contribution in [0.25, 0.3) is 6.08 Å². The maximum absolute atomic E-state index is 12.5. The van der Waals surface area contributed by atoms with Gasteiger partial charge in [-0.05, 0) is 35.9 Å². The van der Waals surface area contributed by atoms with E-state index in [1.54, 1.807) is 42.5 Å². The number of hydrogen-bond acceptors (Lipinski definition) is 5. The van der Waals surface area contributed by atoms with Gasteiger partial charge < -0.3 is 9.47 Å². The fourth-order valence-electron chi connectivity index (χ4n) is 1.99. The maximum Gasteiger partial charge on any atom is 0.216 e. The lowest BCUT2D eigenvalue weighted by molar-refractivity contribution is 0.355. The monoisotopic (exact) mass is 329 g/mol. The van der Waals surface area contributed by atoms with Gasteiger partial charge in [-0.25, -0.2) is 8.42 Å². The van der Waals surface area contributed by atoms with Gasteiger partial charge in [-0.3, -0.25) is 0 Å². The normalized spacial score (nSPS) is 11.6. The van der Waals surface area contributed by atoms with Crippen LogP contribution in [-0.4, -0.2) is 22.6 Å². The molecule has 118 valence electrons. The van der Waals surface area contributed by atoms with Gasteiger partial charge in [-0.1, -0.05) is 24.3 Å². The number of nitrogens with zero attached hydrogens (tertiary/aromatic N) is 1. The van der Waals surface area contributed by atoms with Crippen molar-refractivity contribution in [3.63, 3.8) is 0 Å². The zero-order chi connectivity index (χ0) is 16.9. The molecular formula is C17H15NO4S. The van der Waals surface area contributed by atoms with E-state index in [2.05, 4.69) is 0 Å². The number of ether oxygens (including phenoxy) is 2. The molecule has 0 bridgehead atoms. The number of hydrogen-bond donors (Lipinski definition) is 0. The Morgan fingerprint density at radius 1 is 1.04 bits per heavy atom. The van der Waals surface area contributed by atoms with Gasteiger partial charge in [-0.15, -0.1) is 0 Å². The topological polar surface area (TPSA) is 76.4 Å². The van der Waals surface area contributed by atoms with Crippen LogP contribution in [0.15, 0.2) is 58.3 Å². The lowest BCUT2D eigenvalue weighted by atomic mass is 10.2. The summed E-state index contributed by atoms with van der Waals surface area (Å²) >= 11 is 0. The zero-order valence-corrected chi connectivity index (χ0v) is 13.5. The van der Waals surface area contributed by atoms with Crippen molar-refractivity contribution in [1.29, 1.82) is 5.26 Å². The average Bonchev–Trinajstić information content (AvgIpc) is 2.59. The van der Waals surface area contributed by atoms with E-state index in [4.69, 9.17) is 9.47 Å². The minimum Gasteiger partial charge on any atom is -0.493 e. The molecule has 0 aliphatic carbocycles. The van der Waals surface area contributed by atoms with Crippen LogP contribution in [-0.2, 0) is 9.84 Å². The van der Waals surface area contributed by atoms with Gasteiger partial charge in [0.05, 0.1) is 19.1 Å². The smallest absolute Gasteiger partial charge is 0.216 e. The Bertz CT molecular complexity index is 865. The average molecular weight is 329 g/mol. The first-order valence-corrected chi connectivity index (χ1v) is 8.15. The lowest BCUT2D eigenvalue weighted by Crippen LogP contribution is -2.03. The third-order valence-corrected chi connectivity index (χ3v) is 4.84. The van der Waals surface area contributed by atoms with Crippen molar-refractivity contribution in [3.05, 3.63) is 59.0 Å². The van der Waals surface area contributed by atoms with Gasteiger partial charge in [0.25, 0.3) is 0 Å². The van der Waals surface area contributed by atoms with Gasteiger partial charge >= 0.3 is 0 Å². The molecule has 0 saturated heterocycles. The highest BCUT2D eigenvalue weighted by molar-refractivity contribution is 7.95. The van der Waals surface area contributed by atoms with E-state index in [1.165, 1.54) is 32.4 Å². The molecule has 0 heterocycles. The van der Waals surface area contributed by atoms with Gasteiger partial charge in [0.15, 0.2) is 11.5 Å². The number of benzene rings is 2. The fraction of sp³-hybridized carbons (Fsp3) is 0.118. The molecule has 5 nitrogen and oxygen atoms in total. The molecule has 0 aromatic heterocycles. The van der Waals surface area contributed by atoms with Crippen molar-refractivity contribution >= 4 is 15.9 Å². The summed E-state index contributed by atoms with van der Waals surface area (Å²) in [4.78, 5) is -0.260. The summed E-state index contributed by atoms with van der Waals surface area (Å²) in [5.74, 6) is 0.977. The van der Waals surface area contributed by atoms with Crippen LogP contribution in [0, 0.1) is 11.3 Å². The van der Waals surface area contributed by atoms with Crippen LogP contribution in [0.3, 0.4) is 0 Å². The molecule has 0 atom stereocenters. The molecule has 0 radical (unpaired) electrons. The zero-order valence-electron chi connectivity index (χ0n) is 12.7. The second kappa shape index (κ2) is 6.99. The fourth-order valence-corrected chi connectivity index (χ4v) is 3.17. The van der Waals surface area contributed by atoms with Crippen molar-refractivity contribution in [2.75, 3.05) is 14.2 Å². The Balaban J connectivity index is 2.50. The largest absolute Gasteiger partial charge is 0.493 e. The molecule has 0 spiro atoms. The lowest BCUT2D eigenvalue weighted by Gasteiger charge is -2.08. The van der Waals surface area contributed by atoms with Gasteiger partial charge in [0, 0.05) is 0 Å². The van der Waals surface area contributed by atoms with Crippen molar-refractivity contribution in [1.82, 2.24) is 0 Å². The highest BCUT2D eigenvalue weighted by atomic mass is 32.2. The molecule has 0 fully saturated rings. The standard InChI is InChI=1S/C17H15NO4S/c1-21-16-9-8-13(11-17(16)22-2)10-15(12-18)23(19,20)14-6-4-3-5-7-14/h3-11H,1-2H3. The molecular weight excluding hydrogens is 314 g/mol. The van der Waals surface area contributed by atoms with E-state index < -0.39 is 9.84 Å². The molecule has 0 saturated carbocycles. The summed E-state index contributed by atoms with van der Waals surface area (Å²) in [6.45, 7) is 0. The summed E-state index contributed by atoms with van der Waals surface area (Å²) < 4.78 is 35.3. The van der Waals surface area contributed by atoms with E-state index >= 15 is 0 Å². The Morgan fingerprint density at radius 3 is 2.26 bits per heavy atom. The summed E-state index contributed by atoms with van der Waals surface area (Å²) in [7, 11) is -0.865. The molecule has 0 aliphatic rings.